The number of amides is 1. The van der Waals surface area contributed by atoms with Gasteiger partial charge in [-0.3, -0.25) is 9.59 Å². The summed E-state index contributed by atoms with van der Waals surface area (Å²) in [5.74, 6) is -0.860. The SMILES string of the molecule is COc1cc(C(=O)O[C@@H](C)C(=O)Nc2cccc(C(C)=O)c2)cc(Cl)c1OC. The van der Waals surface area contributed by atoms with Crippen LogP contribution in [-0.4, -0.2) is 38.0 Å². The first-order valence-electron chi connectivity index (χ1n) is 8.31. The van der Waals surface area contributed by atoms with Crippen molar-refractivity contribution in [3.05, 3.63) is 52.5 Å². The molecule has 1 atom stereocenters. The Hall–Kier alpha value is -3.06. The molecule has 0 saturated carbocycles. The van der Waals surface area contributed by atoms with Gasteiger partial charge in [0, 0.05) is 11.3 Å². The highest BCUT2D eigenvalue weighted by atomic mass is 35.5. The number of rotatable bonds is 7. The van der Waals surface area contributed by atoms with E-state index < -0.39 is 18.0 Å². The fraction of sp³-hybridized carbons (Fsp3) is 0.250. The van der Waals surface area contributed by atoms with Crippen molar-refractivity contribution < 1.29 is 28.6 Å². The molecule has 0 heterocycles. The summed E-state index contributed by atoms with van der Waals surface area (Å²) in [6.07, 6.45) is -1.08. The average Bonchev–Trinajstić information content (AvgIpc) is 2.67. The monoisotopic (exact) mass is 405 g/mol. The van der Waals surface area contributed by atoms with Crippen molar-refractivity contribution in [2.24, 2.45) is 0 Å². The van der Waals surface area contributed by atoms with Crippen molar-refractivity contribution in [2.75, 3.05) is 19.5 Å². The Morgan fingerprint density at radius 2 is 1.75 bits per heavy atom. The van der Waals surface area contributed by atoms with Crippen LogP contribution >= 0.6 is 11.6 Å². The summed E-state index contributed by atoms with van der Waals surface area (Å²) in [4.78, 5) is 36.1. The lowest BCUT2D eigenvalue weighted by Gasteiger charge is -2.15. The lowest BCUT2D eigenvalue weighted by molar-refractivity contribution is -0.123. The molecule has 7 nitrogen and oxygen atoms in total. The number of halogens is 1. The van der Waals surface area contributed by atoms with Gasteiger partial charge in [0.25, 0.3) is 5.91 Å². The van der Waals surface area contributed by atoms with Crippen LogP contribution in [0.15, 0.2) is 36.4 Å². The predicted molar refractivity (Wildman–Crippen MR) is 105 cm³/mol. The second kappa shape index (κ2) is 9.23. The van der Waals surface area contributed by atoms with Crippen LogP contribution in [0, 0.1) is 0 Å². The van der Waals surface area contributed by atoms with Crippen molar-refractivity contribution in [1.82, 2.24) is 0 Å². The number of hydrogen-bond donors (Lipinski definition) is 1. The van der Waals surface area contributed by atoms with E-state index in [9.17, 15) is 14.4 Å². The zero-order valence-electron chi connectivity index (χ0n) is 15.9. The smallest absolute Gasteiger partial charge is 0.339 e. The highest BCUT2D eigenvalue weighted by Gasteiger charge is 2.22. The van der Waals surface area contributed by atoms with Crippen LogP contribution in [0.25, 0.3) is 0 Å². The summed E-state index contributed by atoms with van der Waals surface area (Å²) in [6, 6.07) is 9.24. The van der Waals surface area contributed by atoms with Gasteiger partial charge in [0.1, 0.15) is 0 Å². The number of anilines is 1. The van der Waals surface area contributed by atoms with Crippen LogP contribution in [0.3, 0.4) is 0 Å². The number of carbonyl (C=O) groups is 3. The minimum absolute atomic E-state index is 0.112. The number of benzene rings is 2. The Balaban J connectivity index is 2.09. The quantitative estimate of drug-likeness (QED) is 0.557. The Morgan fingerprint density at radius 3 is 2.36 bits per heavy atom. The molecular formula is C20H20ClNO6. The molecule has 0 aromatic heterocycles. The van der Waals surface area contributed by atoms with E-state index in [0.29, 0.717) is 11.3 Å². The molecule has 0 saturated heterocycles. The maximum absolute atomic E-state index is 12.4. The summed E-state index contributed by atoms with van der Waals surface area (Å²) in [7, 11) is 2.84. The first-order chi connectivity index (χ1) is 13.3. The number of ketones is 1. The van der Waals surface area contributed by atoms with Gasteiger partial charge in [-0.15, -0.1) is 0 Å². The van der Waals surface area contributed by atoms with Crippen LogP contribution in [-0.2, 0) is 9.53 Å². The van der Waals surface area contributed by atoms with E-state index in [1.165, 1.54) is 40.2 Å². The van der Waals surface area contributed by atoms with Gasteiger partial charge in [0.15, 0.2) is 23.4 Å². The second-order valence-electron chi connectivity index (χ2n) is 5.87. The molecule has 0 aliphatic carbocycles. The molecule has 0 unspecified atom stereocenters. The topological polar surface area (TPSA) is 90.9 Å². The third kappa shape index (κ3) is 5.01. The molecule has 2 aromatic carbocycles. The maximum atomic E-state index is 12.4. The fourth-order valence-electron chi connectivity index (χ4n) is 2.38. The first-order valence-corrected chi connectivity index (χ1v) is 8.69. The van der Waals surface area contributed by atoms with Crippen molar-refractivity contribution in [3.63, 3.8) is 0 Å². The van der Waals surface area contributed by atoms with Crippen molar-refractivity contribution >= 4 is 34.9 Å². The van der Waals surface area contributed by atoms with E-state index >= 15 is 0 Å². The predicted octanol–water partition coefficient (Wildman–Crippen LogP) is 3.74. The molecule has 1 N–H and O–H groups in total. The second-order valence-corrected chi connectivity index (χ2v) is 6.27. The summed E-state index contributed by atoms with van der Waals surface area (Å²) in [6.45, 7) is 2.87. The number of carbonyl (C=O) groups excluding carboxylic acids is 3. The molecule has 2 aromatic rings. The van der Waals surface area contributed by atoms with E-state index in [1.807, 2.05) is 0 Å². The summed E-state index contributed by atoms with van der Waals surface area (Å²) in [5, 5.41) is 2.78. The van der Waals surface area contributed by atoms with Gasteiger partial charge in [-0.2, -0.15) is 0 Å². The van der Waals surface area contributed by atoms with Crippen LogP contribution in [0.4, 0.5) is 5.69 Å². The van der Waals surface area contributed by atoms with Gasteiger partial charge in [-0.25, -0.2) is 4.79 Å². The fourth-order valence-corrected chi connectivity index (χ4v) is 2.67. The van der Waals surface area contributed by atoms with Gasteiger partial charge < -0.3 is 19.5 Å². The summed E-state index contributed by atoms with van der Waals surface area (Å²) >= 11 is 6.08. The minimum Gasteiger partial charge on any atom is -0.493 e. The molecule has 0 bridgehead atoms. The van der Waals surface area contributed by atoms with Gasteiger partial charge in [-0.1, -0.05) is 23.7 Å². The molecule has 0 fully saturated rings. The van der Waals surface area contributed by atoms with Crippen molar-refractivity contribution in [3.8, 4) is 11.5 Å². The molecule has 2 rings (SSSR count). The standard InChI is InChI=1S/C20H20ClNO6/c1-11(23)13-6-5-7-15(8-13)22-19(24)12(2)28-20(25)14-9-16(21)18(27-4)17(10-14)26-3/h5-10,12H,1-4H3,(H,22,24)/t12-/m0/s1. The van der Waals surface area contributed by atoms with Gasteiger partial charge in [0.05, 0.1) is 24.8 Å². The Kier molecular flexibility index (Phi) is 7.00. The zero-order valence-corrected chi connectivity index (χ0v) is 16.6. The third-order valence-electron chi connectivity index (χ3n) is 3.86. The Morgan fingerprint density at radius 1 is 1.04 bits per heavy atom. The molecule has 1 amide bonds. The van der Waals surface area contributed by atoms with E-state index in [-0.39, 0.29) is 27.9 Å². The van der Waals surface area contributed by atoms with Crippen molar-refractivity contribution in [1.29, 1.82) is 0 Å². The zero-order chi connectivity index (χ0) is 20.8. The normalized spacial score (nSPS) is 11.3. The number of Topliss-reactive ketones (excluding diaryl/α,β-unsaturated/α-hetero) is 1. The van der Waals surface area contributed by atoms with Gasteiger partial charge >= 0.3 is 5.97 Å². The molecule has 8 heteroatoms. The van der Waals surface area contributed by atoms with E-state index in [0.717, 1.165) is 0 Å². The molecule has 0 aliphatic rings. The van der Waals surface area contributed by atoms with Crippen molar-refractivity contribution in [2.45, 2.75) is 20.0 Å². The Labute approximate surface area is 167 Å². The molecule has 0 aliphatic heterocycles. The molecule has 0 radical (unpaired) electrons. The highest BCUT2D eigenvalue weighted by Crippen LogP contribution is 2.36. The lowest BCUT2D eigenvalue weighted by atomic mass is 10.1. The third-order valence-corrected chi connectivity index (χ3v) is 4.14. The molecule has 148 valence electrons. The van der Waals surface area contributed by atoms with E-state index in [4.69, 9.17) is 25.8 Å². The number of esters is 1. The molecule has 28 heavy (non-hydrogen) atoms. The van der Waals surface area contributed by atoms with Gasteiger partial charge in [0.2, 0.25) is 0 Å². The summed E-state index contributed by atoms with van der Waals surface area (Å²) < 4.78 is 15.5. The largest absolute Gasteiger partial charge is 0.493 e. The number of nitrogens with one attached hydrogen (secondary N) is 1. The van der Waals surface area contributed by atoms with Crippen LogP contribution < -0.4 is 14.8 Å². The van der Waals surface area contributed by atoms with Crippen LogP contribution in [0.2, 0.25) is 5.02 Å². The minimum atomic E-state index is -1.08. The number of ether oxygens (including phenoxy) is 3. The molecule has 0 spiro atoms. The number of hydrogen-bond acceptors (Lipinski definition) is 6. The number of methoxy groups -OCH3 is 2. The Bertz CT molecular complexity index is 912. The molecular weight excluding hydrogens is 386 g/mol. The van der Waals surface area contributed by atoms with Gasteiger partial charge in [-0.05, 0) is 38.1 Å². The van der Waals surface area contributed by atoms with E-state index in [2.05, 4.69) is 5.32 Å². The lowest BCUT2D eigenvalue weighted by Crippen LogP contribution is -2.30. The highest BCUT2D eigenvalue weighted by molar-refractivity contribution is 6.32. The average molecular weight is 406 g/mol. The van der Waals surface area contributed by atoms with Crippen LogP contribution in [0.5, 0.6) is 11.5 Å². The first kappa shape index (κ1) is 21.2. The van der Waals surface area contributed by atoms with Crippen LogP contribution in [0.1, 0.15) is 34.6 Å². The maximum Gasteiger partial charge on any atom is 0.339 e. The summed E-state index contributed by atoms with van der Waals surface area (Å²) in [5.41, 5.74) is 0.998. The van der Waals surface area contributed by atoms with E-state index in [1.54, 1.807) is 24.3 Å².